The van der Waals surface area contributed by atoms with Crippen LogP contribution in [0.3, 0.4) is 0 Å². The van der Waals surface area contributed by atoms with E-state index in [-0.39, 0.29) is 11.2 Å². The van der Waals surface area contributed by atoms with E-state index in [2.05, 4.69) is 5.32 Å². The summed E-state index contributed by atoms with van der Waals surface area (Å²) in [5, 5.41) is 12.0. The van der Waals surface area contributed by atoms with Crippen molar-refractivity contribution in [3.63, 3.8) is 0 Å². The molecule has 2 N–H and O–H groups in total. The summed E-state index contributed by atoms with van der Waals surface area (Å²) >= 11 is 0. The molecule has 110 valence electrons. The topological polar surface area (TPSA) is 83.5 Å². The summed E-state index contributed by atoms with van der Waals surface area (Å²) in [6, 6.07) is 0. The zero-order valence-corrected chi connectivity index (χ0v) is 12.4. The maximum absolute atomic E-state index is 12.0. The zero-order chi connectivity index (χ0) is 14.4. The summed E-state index contributed by atoms with van der Waals surface area (Å²) in [6.07, 6.45) is 5.33. The Morgan fingerprint density at radius 1 is 1.32 bits per heavy atom. The summed E-state index contributed by atoms with van der Waals surface area (Å²) < 4.78 is 11.2. The van der Waals surface area contributed by atoms with Crippen LogP contribution in [0.15, 0.2) is 0 Å². The van der Waals surface area contributed by atoms with Crippen LogP contribution in [0.2, 0.25) is 0 Å². The summed E-state index contributed by atoms with van der Waals surface area (Å²) in [4.78, 5) is 23.1. The van der Waals surface area contributed by atoms with Crippen LogP contribution in [0.1, 0.15) is 39.0 Å². The third kappa shape index (κ3) is 4.93. The van der Waals surface area contributed by atoms with Crippen LogP contribution in [0.4, 0.5) is 0 Å². The lowest BCUT2D eigenvalue weighted by molar-refractivity contribution is -0.148. The van der Waals surface area contributed by atoms with Gasteiger partial charge in [-0.15, -0.1) is 0 Å². The Morgan fingerprint density at radius 3 is 2.42 bits per heavy atom. The monoisotopic (exact) mass is 289 g/mol. The van der Waals surface area contributed by atoms with Crippen LogP contribution in [-0.4, -0.2) is 39.2 Å². The standard InChI is InChI=1S/C13H23NO4S/c1-9(19(2)18)7-8-14-12(15)10-5-3-4-6-11(10)13(16)17/h9-11H,3-8H2,1-2H3,(H,14,15)(H,16,17)/t9?,10-,11+,19?/m1/s1. The lowest BCUT2D eigenvalue weighted by atomic mass is 9.78. The first-order valence-electron chi connectivity index (χ1n) is 6.76. The Hall–Kier alpha value is -0.910. The van der Waals surface area contributed by atoms with Crippen LogP contribution in [0.25, 0.3) is 0 Å². The molecular weight excluding hydrogens is 266 g/mol. The smallest absolute Gasteiger partial charge is 0.307 e. The Balaban J connectivity index is 2.43. The third-order valence-electron chi connectivity index (χ3n) is 3.84. The molecule has 0 heterocycles. The second kappa shape index (κ2) is 7.62. The predicted molar refractivity (Wildman–Crippen MR) is 74.2 cm³/mol. The Bertz CT molecular complexity index is 359. The molecule has 2 unspecified atom stereocenters. The number of amides is 1. The normalized spacial score (nSPS) is 26.4. The summed E-state index contributed by atoms with van der Waals surface area (Å²) in [7, 11) is -0.889. The number of nitrogens with one attached hydrogen (secondary N) is 1. The van der Waals surface area contributed by atoms with Gasteiger partial charge in [0, 0.05) is 28.9 Å². The minimum Gasteiger partial charge on any atom is -0.481 e. The first-order valence-corrected chi connectivity index (χ1v) is 8.38. The van der Waals surface area contributed by atoms with Crippen molar-refractivity contribution < 1.29 is 18.9 Å². The molecule has 0 aromatic carbocycles. The van der Waals surface area contributed by atoms with Gasteiger partial charge in [-0.3, -0.25) is 13.8 Å². The number of carbonyl (C=O) groups is 2. The molecule has 5 nitrogen and oxygen atoms in total. The van der Waals surface area contributed by atoms with Gasteiger partial charge in [-0.2, -0.15) is 0 Å². The van der Waals surface area contributed by atoms with E-state index in [1.54, 1.807) is 6.26 Å². The van der Waals surface area contributed by atoms with Gasteiger partial charge < -0.3 is 10.4 Å². The predicted octanol–water partition coefficient (Wildman–Crippen LogP) is 1.15. The van der Waals surface area contributed by atoms with Crippen molar-refractivity contribution in [3.05, 3.63) is 0 Å². The molecule has 1 fully saturated rings. The van der Waals surface area contributed by atoms with Gasteiger partial charge in [0.1, 0.15) is 0 Å². The lowest BCUT2D eigenvalue weighted by Crippen LogP contribution is -2.40. The van der Waals surface area contributed by atoms with Gasteiger partial charge in [-0.1, -0.05) is 19.8 Å². The van der Waals surface area contributed by atoms with Crippen molar-refractivity contribution in [2.75, 3.05) is 12.8 Å². The van der Waals surface area contributed by atoms with E-state index in [1.165, 1.54) is 0 Å². The van der Waals surface area contributed by atoms with Crippen molar-refractivity contribution in [2.24, 2.45) is 11.8 Å². The molecule has 1 saturated carbocycles. The second-order valence-electron chi connectivity index (χ2n) is 5.22. The average molecular weight is 289 g/mol. The van der Waals surface area contributed by atoms with E-state index in [1.807, 2.05) is 6.92 Å². The van der Waals surface area contributed by atoms with Gasteiger partial charge >= 0.3 is 5.97 Å². The number of hydrogen-bond acceptors (Lipinski definition) is 3. The van der Waals surface area contributed by atoms with Gasteiger partial charge in [0.15, 0.2) is 0 Å². The summed E-state index contributed by atoms with van der Waals surface area (Å²) in [5.41, 5.74) is 0. The lowest BCUT2D eigenvalue weighted by Gasteiger charge is -2.27. The maximum atomic E-state index is 12.0. The van der Waals surface area contributed by atoms with Crippen LogP contribution in [0.5, 0.6) is 0 Å². The maximum Gasteiger partial charge on any atom is 0.307 e. The fourth-order valence-electron chi connectivity index (χ4n) is 2.44. The first kappa shape index (κ1) is 16.1. The fraction of sp³-hybridized carbons (Fsp3) is 0.846. The van der Waals surface area contributed by atoms with Gasteiger partial charge in [0.2, 0.25) is 5.91 Å². The molecule has 0 aromatic rings. The Kier molecular flexibility index (Phi) is 6.48. The molecule has 19 heavy (non-hydrogen) atoms. The average Bonchev–Trinajstić information content (AvgIpc) is 2.38. The molecule has 1 amide bonds. The second-order valence-corrected chi connectivity index (χ2v) is 7.03. The van der Waals surface area contributed by atoms with E-state index < -0.39 is 28.6 Å². The van der Waals surface area contributed by atoms with Crippen LogP contribution in [0, 0.1) is 11.8 Å². The summed E-state index contributed by atoms with van der Waals surface area (Å²) in [6.45, 7) is 2.34. The van der Waals surface area contributed by atoms with Gasteiger partial charge in [0.05, 0.1) is 11.8 Å². The van der Waals surface area contributed by atoms with E-state index in [9.17, 15) is 13.8 Å². The molecule has 0 aliphatic heterocycles. The number of hydrogen-bond donors (Lipinski definition) is 2. The highest BCUT2D eigenvalue weighted by molar-refractivity contribution is 7.84. The van der Waals surface area contributed by atoms with E-state index in [0.717, 1.165) is 12.8 Å². The van der Waals surface area contributed by atoms with Crippen molar-refractivity contribution in [3.8, 4) is 0 Å². The number of carboxylic acid groups (broad SMARTS) is 1. The minimum absolute atomic E-state index is 0.0435. The highest BCUT2D eigenvalue weighted by atomic mass is 32.2. The first-order chi connectivity index (χ1) is 8.93. The summed E-state index contributed by atoms with van der Waals surface area (Å²) in [5.74, 6) is -2.00. The Labute approximate surface area is 116 Å². The minimum atomic E-state index is -0.889. The molecule has 0 saturated heterocycles. The van der Waals surface area contributed by atoms with Crippen LogP contribution >= 0.6 is 0 Å². The van der Waals surface area contributed by atoms with Crippen LogP contribution in [-0.2, 0) is 20.4 Å². The van der Waals surface area contributed by atoms with Crippen molar-refractivity contribution >= 4 is 22.7 Å². The van der Waals surface area contributed by atoms with Crippen molar-refractivity contribution in [1.82, 2.24) is 5.32 Å². The van der Waals surface area contributed by atoms with Crippen LogP contribution < -0.4 is 5.32 Å². The van der Waals surface area contributed by atoms with E-state index in [0.29, 0.717) is 25.8 Å². The number of rotatable bonds is 6. The van der Waals surface area contributed by atoms with Crippen molar-refractivity contribution in [1.29, 1.82) is 0 Å². The highest BCUT2D eigenvalue weighted by Gasteiger charge is 2.35. The Morgan fingerprint density at radius 2 is 1.89 bits per heavy atom. The molecule has 1 aliphatic rings. The number of carboxylic acids is 1. The quantitative estimate of drug-likeness (QED) is 0.768. The largest absolute Gasteiger partial charge is 0.481 e. The molecule has 1 aliphatic carbocycles. The number of aliphatic carboxylic acids is 1. The van der Waals surface area contributed by atoms with E-state index in [4.69, 9.17) is 5.11 Å². The van der Waals surface area contributed by atoms with Gasteiger partial charge in [0.25, 0.3) is 0 Å². The van der Waals surface area contributed by atoms with E-state index >= 15 is 0 Å². The van der Waals surface area contributed by atoms with Gasteiger partial charge in [-0.05, 0) is 19.3 Å². The molecule has 4 atom stereocenters. The molecule has 6 heteroatoms. The highest BCUT2D eigenvalue weighted by Crippen LogP contribution is 2.30. The molecule has 0 aromatic heterocycles. The number of carbonyl (C=O) groups excluding carboxylic acids is 1. The molecule has 0 bridgehead atoms. The molecule has 1 rings (SSSR count). The van der Waals surface area contributed by atoms with Gasteiger partial charge in [-0.25, -0.2) is 0 Å². The zero-order valence-electron chi connectivity index (χ0n) is 11.6. The van der Waals surface area contributed by atoms with Crippen molar-refractivity contribution in [2.45, 2.75) is 44.3 Å². The SMILES string of the molecule is CC(CCNC(=O)[C@@H]1CCCC[C@@H]1C(=O)O)S(C)=O. The molecular formula is C13H23NO4S. The fourth-order valence-corrected chi connectivity index (χ4v) is 2.89. The molecule has 0 radical (unpaired) electrons. The molecule has 0 spiro atoms. The third-order valence-corrected chi connectivity index (χ3v) is 5.21.